The van der Waals surface area contributed by atoms with Crippen molar-refractivity contribution in [1.82, 2.24) is 0 Å². The fraction of sp³-hybridized carbons (Fsp3) is 0.800. The first-order valence-electron chi connectivity index (χ1n) is 13.8. The Morgan fingerprint density at radius 2 is 1.56 bits per heavy atom. The molecule has 0 aromatic heterocycles. The summed E-state index contributed by atoms with van der Waals surface area (Å²) < 4.78 is 13.5. The predicted octanol–water partition coefficient (Wildman–Crippen LogP) is 8.35. The minimum Gasteiger partial charge on any atom is -0.465 e. The van der Waals surface area contributed by atoms with E-state index in [4.69, 9.17) is 9.47 Å². The van der Waals surface area contributed by atoms with E-state index >= 15 is 0 Å². The summed E-state index contributed by atoms with van der Waals surface area (Å²) in [5.74, 6) is 6.00. The van der Waals surface area contributed by atoms with Crippen molar-refractivity contribution in [3.63, 3.8) is 0 Å². The van der Waals surface area contributed by atoms with Gasteiger partial charge in [0.15, 0.2) is 6.29 Å². The van der Waals surface area contributed by atoms with Gasteiger partial charge in [0.05, 0.1) is 6.10 Å². The zero-order valence-corrected chi connectivity index (χ0v) is 21.0. The van der Waals surface area contributed by atoms with Crippen molar-refractivity contribution in [2.45, 2.75) is 117 Å². The summed E-state index contributed by atoms with van der Waals surface area (Å²) in [4.78, 5) is 0. The lowest BCUT2D eigenvalue weighted by Crippen LogP contribution is -2.36. The van der Waals surface area contributed by atoms with Gasteiger partial charge in [-0.3, -0.25) is 0 Å². The fourth-order valence-corrected chi connectivity index (χ4v) is 7.67. The van der Waals surface area contributed by atoms with Gasteiger partial charge in [-0.2, -0.15) is 0 Å². The molecule has 0 spiro atoms. The molecule has 0 N–H and O–H groups in total. The zero-order chi connectivity index (χ0) is 22.3. The van der Waals surface area contributed by atoms with Crippen molar-refractivity contribution in [2.75, 3.05) is 0 Å². The Kier molecular flexibility index (Phi) is 6.63. The van der Waals surface area contributed by atoms with Gasteiger partial charge in [-0.15, -0.1) is 0 Å². The van der Waals surface area contributed by atoms with Crippen molar-refractivity contribution >= 4 is 0 Å². The van der Waals surface area contributed by atoms with Crippen LogP contribution >= 0.6 is 0 Å². The number of benzene rings is 1. The van der Waals surface area contributed by atoms with E-state index in [-0.39, 0.29) is 11.7 Å². The topological polar surface area (TPSA) is 18.5 Å². The van der Waals surface area contributed by atoms with Gasteiger partial charge in [0.2, 0.25) is 0 Å². The molecule has 7 atom stereocenters. The Labute approximate surface area is 196 Å². The van der Waals surface area contributed by atoms with Crippen molar-refractivity contribution in [2.24, 2.45) is 35.0 Å². The highest BCUT2D eigenvalue weighted by molar-refractivity contribution is 5.30. The van der Waals surface area contributed by atoms with Gasteiger partial charge >= 0.3 is 0 Å². The number of hydrogen-bond donors (Lipinski definition) is 0. The summed E-state index contributed by atoms with van der Waals surface area (Å²) in [5, 5.41) is 0. The molecule has 32 heavy (non-hydrogen) atoms. The van der Waals surface area contributed by atoms with Crippen LogP contribution in [0.5, 0.6) is 5.75 Å². The molecule has 178 valence electrons. The average Bonchev–Trinajstić information content (AvgIpc) is 3.48. The van der Waals surface area contributed by atoms with Gasteiger partial charge in [-0.25, -0.2) is 0 Å². The maximum Gasteiger partial charge on any atom is 0.200 e. The maximum absolute atomic E-state index is 6.87. The van der Waals surface area contributed by atoms with Gasteiger partial charge in [0.1, 0.15) is 5.75 Å². The normalized spacial score (nSPS) is 34.4. The summed E-state index contributed by atoms with van der Waals surface area (Å²) in [5.41, 5.74) is 1.67. The Morgan fingerprint density at radius 3 is 2.28 bits per heavy atom. The monoisotopic (exact) mass is 438 g/mol. The van der Waals surface area contributed by atoms with Crippen LogP contribution in [-0.4, -0.2) is 12.4 Å². The minimum atomic E-state index is -0.0757. The van der Waals surface area contributed by atoms with Gasteiger partial charge < -0.3 is 9.47 Å². The second-order valence-corrected chi connectivity index (χ2v) is 12.8. The van der Waals surface area contributed by atoms with Crippen LogP contribution in [0.4, 0.5) is 0 Å². The molecular weight excluding hydrogens is 392 g/mol. The summed E-state index contributed by atoms with van der Waals surface area (Å²) in [7, 11) is 0. The molecule has 2 nitrogen and oxygen atoms in total. The average molecular weight is 439 g/mol. The van der Waals surface area contributed by atoms with Crippen molar-refractivity contribution < 1.29 is 9.47 Å². The van der Waals surface area contributed by atoms with Crippen LogP contribution in [-0.2, 0) is 4.74 Å². The molecule has 1 aromatic carbocycles. The van der Waals surface area contributed by atoms with E-state index in [0.29, 0.717) is 12.0 Å². The molecule has 4 aliphatic carbocycles. The zero-order valence-electron chi connectivity index (χ0n) is 21.0. The first-order chi connectivity index (χ1) is 15.4. The van der Waals surface area contributed by atoms with Gasteiger partial charge in [-0.05, 0) is 84.3 Å². The van der Waals surface area contributed by atoms with Crippen LogP contribution in [0, 0.1) is 35.0 Å². The van der Waals surface area contributed by atoms with Crippen LogP contribution in [0.25, 0.3) is 0 Å². The predicted molar refractivity (Wildman–Crippen MR) is 132 cm³/mol. The Bertz CT molecular complexity index is 741. The highest BCUT2D eigenvalue weighted by Crippen LogP contribution is 2.59. The number of ether oxygens (including phenoxy) is 2. The molecule has 0 heterocycles. The van der Waals surface area contributed by atoms with E-state index in [0.717, 1.165) is 41.8 Å². The number of rotatable bonds is 7. The highest BCUT2D eigenvalue weighted by Gasteiger charge is 2.54. The van der Waals surface area contributed by atoms with Gasteiger partial charge in [0, 0.05) is 6.42 Å². The Hall–Kier alpha value is -1.02. The third-order valence-corrected chi connectivity index (χ3v) is 9.89. The third-order valence-electron chi connectivity index (χ3n) is 9.89. The molecule has 1 aromatic rings. The molecule has 4 fully saturated rings. The second kappa shape index (κ2) is 9.32. The molecule has 0 aliphatic heterocycles. The van der Waals surface area contributed by atoms with Crippen LogP contribution in [0.15, 0.2) is 24.3 Å². The van der Waals surface area contributed by atoms with E-state index in [2.05, 4.69) is 52.0 Å². The molecule has 0 radical (unpaired) electrons. The standard InChI is InChI=1S/C30H46O2/c1-20(30(2,3)4)22-13-15-24(16-14-22)31-29(17-21-9-6-5-7-10-21)32-28-19-23-18-27(28)26-12-8-11-25(23)26/h13-16,20-21,23,25-29H,5-12,17-19H2,1-4H3. The highest BCUT2D eigenvalue weighted by atomic mass is 16.7. The SMILES string of the molecule is CC(c1ccc(OC(CC2CCCCC2)OC2CC3CC2C2CCCC32)cc1)C(C)(C)C. The van der Waals surface area contributed by atoms with Gasteiger partial charge in [-0.1, -0.05) is 78.4 Å². The third kappa shape index (κ3) is 4.77. The summed E-state index contributed by atoms with van der Waals surface area (Å²) >= 11 is 0. The summed E-state index contributed by atoms with van der Waals surface area (Å²) in [6, 6.07) is 8.90. The fourth-order valence-electron chi connectivity index (χ4n) is 7.67. The van der Waals surface area contributed by atoms with Gasteiger partial charge in [0.25, 0.3) is 0 Å². The van der Waals surface area contributed by atoms with Crippen molar-refractivity contribution in [3.05, 3.63) is 29.8 Å². The Morgan fingerprint density at radius 1 is 0.844 bits per heavy atom. The lowest BCUT2D eigenvalue weighted by Gasteiger charge is -2.35. The van der Waals surface area contributed by atoms with E-state index in [9.17, 15) is 0 Å². The molecule has 0 amide bonds. The molecule has 2 bridgehead atoms. The summed E-state index contributed by atoms with van der Waals surface area (Å²) in [6.45, 7) is 9.29. The van der Waals surface area contributed by atoms with Crippen LogP contribution in [0.3, 0.4) is 0 Å². The minimum absolute atomic E-state index is 0.0757. The first kappa shape index (κ1) is 22.8. The van der Waals surface area contributed by atoms with Crippen LogP contribution in [0.1, 0.15) is 110 Å². The second-order valence-electron chi connectivity index (χ2n) is 12.8. The first-order valence-corrected chi connectivity index (χ1v) is 13.8. The van der Waals surface area contributed by atoms with E-state index in [1.807, 2.05) is 0 Å². The molecule has 4 saturated carbocycles. The maximum atomic E-state index is 6.87. The van der Waals surface area contributed by atoms with Crippen LogP contribution < -0.4 is 4.74 Å². The lowest BCUT2D eigenvalue weighted by molar-refractivity contribution is -0.152. The molecular formula is C30H46O2. The van der Waals surface area contributed by atoms with E-state index in [1.54, 1.807) is 0 Å². The lowest BCUT2D eigenvalue weighted by atomic mass is 9.78. The molecule has 5 rings (SSSR count). The molecule has 7 unspecified atom stereocenters. The van der Waals surface area contributed by atoms with E-state index in [1.165, 1.54) is 69.8 Å². The van der Waals surface area contributed by atoms with Crippen LogP contribution in [0.2, 0.25) is 0 Å². The van der Waals surface area contributed by atoms with E-state index < -0.39 is 0 Å². The summed E-state index contributed by atoms with van der Waals surface area (Å²) in [6.07, 6.45) is 15.4. The molecule has 2 heteroatoms. The Balaban J connectivity index is 1.26. The largest absolute Gasteiger partial charge is 0.465 e. The van der Waals surface area contributed by atoms with Crippen molar-refractivity contribution in [1.29, 1.82) is 0 Å². The molecule has 0 saturated heterocycles. The number of fused-ring (bicyclic) bond motifs is 5. The number of hydrogen-bond acceptors (Lipinski definition) is 2. The molecule has 4 aliphatic rings. The van der Waals surface area contributed by atoms with Crippen molar-refractivity contribution in [3.8, 4) is 5.75 Å². The quantitative estimate of drug-likeness (QED) is 0.398. The smallest absolute Gasteiger partial charge is 0.200 e.